The molecule has 0 fully saturated rings. The smallest absolute Gasteiger partial charge is 0.463 e. The predicted molar refractivity (Wildman–Crippen MR) is 58.9 cm³/mol. The molecule has 0 aliphatic heterocycles. The summed E-state index contributed by atoms with van der Waals surface area (Å²) >= 11 is 0. The normalized spacial score (nSPS) is 11.7. The van der Waals surface area contributed by atoms with Crippen LogP contribution in [0.15, 0.2) is 0 Å². The molecule has 0 aliphatic carbocycles. The second-order valence-electron chi connectivity index (χ2n) is 3.83. The van der Waals surface area contributed by atoms with E-state index in [0.29, 0.717) is 0 Å². The number of unbranched alkanes of at least 4 members (excludes halogenated alkanes) is 5. The Kier molecular flexibility index (Phi) is 14.9. The fourth-order valence-electron chi connectivity index (χ4n) is 1.48. The predicted octanol–water partition coefficient (Wildman–Crippen LogP) is 0.507. The summed E-state index contributed by atoms with van der Waals surface area (Å²) in [5.41, 5.74) is 0. The van der Waals surface area contributed by atoms with Crippen LogP contribution < -0.4 is 29.6 Å². The van der Waals surface area contributed by atoms with E-state index in [0.717, 1.165) is 19.3 Å². The van der Waals surface area contributed by atoms with Crippen molar-refractivity contribution in [1.29, 1.82) is 0 Å². The van der Waals surface area contributed by atoms with E-state index in [4.69, 9.17) is 4.74 Å². The van der Waals surface area contributed by atoms with E-state index in [9.17, 15) is 4.79 Å². The number of hydrogen-bond donors (Lipinski definition) is 0. The van der Waals surface area contributed by atoms with Crippen molar-refractivity contribution in [3.8, 4) is 0 Å². The Morgan fingerprint density at radius 1 is 1.20 bits per heavy atom. The summed E-state index contributed by atoms with van der Waals surface area (Å²) in [6.07, 6.45) is 8.32. The summed E-state index contributed by atoms with van der Waals surface area (Å²) in [5.74, 6) is -0.172. The molecule has 0 rings (SSSR count). The molecule has 15 heavy (non-hydrogen) atoms. The first kappa shape index (κ1) is 17.9. The third-order valence-electron chi connectivity index (χ3n) is 2.23. The topological polar surface area (TPSA) is 26.3 Å². The van der Waals surface area contributed by atoms with Gasteiger partial charge >= 0.3 is 35.5 Å². The minimum atomic E-state index is -0.172. The van der Waals surface area contributed by atoms with Crippen molar-refractivity contribution in [1.82, 2.24) is 0 Å². The summed E-state index contributed by atoms with van der Waals surface area (Å²) in [6.45, 7) is 7.23. The second-order valence-corrected chi connectivity index (χ2v) is 3.83. The van der Waals surface area contributed by atoms with Gasteiger partial charge < -0.3 is 11.7 Å². The molecule has 0 spiro atoms. The number of esters is 1. The van der Waals surface area contributed by atoms with Crippen LogP contribution in [0.5, 0.6) is 0 Å². The van der Waals surface area contributed by atoms with Crippen LogP contribution in [0.25, 0.3) is 0 Å². The molecule has 1 unspecified atom stereocenters. The first-order chi connectivity index (χ1) is 6.66. The molecule has 0 saturated carbocycles. The van der Waals surface area contributed by atoms with Gasteiger partial charge in [0.1, 0.15) is 0 Å². The summed E-state index contributed by atoms with van der Waals surface area (Å²) in [6, 6.07) is 0. The second kappa shape index (κ2) is 12.5. The first-order valence-corrected chi connectivity index (χ1v) is 5.63. The van der Waals surface area contributed by atoms with E-state index < -0.39 is 0 Å². The molecule has 0 heterocycles. The largest absolute Gasteiger partial charge is 1.00 e. The van der Waals surface area contributed by atoms with Crippen LogP contribution >= 0.6 is 0 Å². The van der Waals surface area contributed by atoms with Gasteiger partial charge in [-0.15, -0.1) is 0 Å². The van der Waals surface area contributed by atoms with Crippen molar-refractivity contribution in [2.45, 2.75) is 64.9 Å². The van der Waals surface area contributed by atoms with E-state index in [2.05, 4.69) is 6.92 Å². The first-order valence-electron chi connectivity index (χ1n) is 5.63. The van der Waals surface area contributed by atoms with Gasteiger partial charge in [-0.25, -0.2) is 0 Å². The maximum Gasteiger partial charge on any atom is 1.00 e. The van der Waals surface area contributed by atoms with Gasteiger partial charge in [-0.05, 0) is 19.8 Å². The molecule has 0 N–H and O–H groups in total. The Bertz CT molecular complexity index is 149. The maximum absolute atomic E-state index is 10.6. The summed E-state index contributed by atoms with van der Waals surface area (Å²) in [5, 5.41) is 0. The maximum atomic E-state index is 10.6. The number of carbonyl (C=O) groups excluding carboxylic acids is 1. The molecule has 0 aromatic heterocycles. The third kappa shape index (κ3) is 14.5. The molecule has 0 aromatic carbocycles. The van der Waals surface area contributed by atoms with Crippen molar-refractivity contribution < 1.29 is 39.1 Å². The number of carbonyl (C=O) groups is 1. The molecule has 1 atom stereocenters. The molecule has 0 amide bonds. The van der Waals surface area contributed by atoms with Crippen molar-refractivity contribution in [3.63, 3.8) is 0 Å². The van der Waals surface area contributed by atoms with Gasteiger partial charge in [0.05, 0.1) is 6.10 Å². The monoisotopic (exact) mass is 222 g/mol. The molecule has 0 aliphatic rings. The van der Waals surface area contributed by atoms with Gasteiger partial charge in [0, 0.05) is 6.92 Å². The third-order valence-corrected chi connectivity index (χ3v) is 2.23. The van der Waals surface area contributed by atoms with Crippen LogP contribution in [0.4, 0.5) is 0 Å². The molecule has 0 aromatic rings. The van der Waals surface area contributed by atoms with Crippen LogP contribution in [0, 0.1) is 6.92 Å². The van der Waals surface area contributed by atoms with E-state index in [-0.39, 0.29) is 41.6 Å². The SMILES string of the molecule is [CH2-]CCCCCCCC(C)OC(C)=O.[Na+]. The Balaban J connectivity index is 0. The molecule has 0 saturated heterocycles. The van der Waals surface area contributed by atoms with E-state index in [1.165, 1.54) is 32.6 Å². The Hall–Kier alpha value is 0.470. The van der Waals surface area contributed by atoms with E-state index >= 15 is 0 Å². The number of rotatable bonds is 8. The molecule has 0 bridgehead atoms. The van der Waals surface area contributed by atoms with Crippen molar-refractivity contribution in [3.05, 3.63) is 6.92 Å². The number of hydrogen-bond acceptors (Lipinski definition) is 2. The van der Waals surface area contributed by atoms with Crippen molar-refractivity contribution in [2.75, 3.05) is 0 Å². The average molecular weight is 222 g/mol. The number of ether oxygens (including phenoxy) is 1. The van der Waals surface area contributed by atoms with Crippen LogP contribution in [0.1, 0.15) is 58.8 Å². The van der Waals surface area contributed by atoms with Crippen LogP contribution in [-0.2, 0) is 9.53 Å². The summed E-state index contributed by atoms with van der Waals surface area (Å²) in [4.78, 5) is 10.6. The molecular formula is C12H23NaO2. The zero-order valence-corrected chi connectivity index (χ0v) is 12.6. The van der Waals surface area contributed by atoms with E-state index in [1.807, 2.05) is 6.92 Å². The van der Waals surface area contributed by atoms with Gasteiger partial charge in [-0.2, -0.15) is 6.42 Å². The molecule has 2 nitrogen and oxygen atoms in total. The average Bonchev–Trinajstić information content (AvgIpc) is 2.10. The van der Waals surface area contributed by atoms with Gasteiger partial charge in [0.15, 0.2) is 0 Å². The standard InChI is InChI=1S/C12H23O2.Na/c1-4-5-6-7-8-9-10-11(2)14-12(3)13;/h11H,1,4-10H2,2-3H3;/q-1;+1. The summed E-state index contributed by atoms with van der Waals surface area (Å²) < 4.78 is 5.03. The minimum Gasteiger partial charge on any atom is -0.463 e. The molecule has 3 heteroatoms. The molecule has 0 radical (unpaired) electrons. The van der Waals surface area contributed by atoms with Crippen LogP contribution in [0.2, 0.25) is 0 Å². The van der Waals surface area contributed by atoms with Crippen molar-refractivity contribution >= 4 is 5.97 Å². The zero-order valence-electron chi connectivity index (χ0n) is 10.6. The van der Waals surface area contributed by atoms with Gasteiger partial charge in [-0.1, -0.05) is 25.7 Å². The molecular weight excluding hydrogens is 199 g/mol. The Labute approximate surface area is 116 Å². The van der Waals surface area contributed by atoms with Gasteiger partial charge in [0.2, 0.25) is 0 Å². The quantitative estimate of drug-likeness (QED) is 0.259. The zero-order chi connectivity index (χ0) is 10.8. The Morgan fingerprint density at radius 3 is 2.27 bits per heavy atom. The van der Waals surface area contributed by atoms with Crippen LogP contribution in [0.3, 0.4) is 0 Å². The van der Waals surface area contributed by atoms with Crippen molar-refractivity contribution in [2.24, 2.45) is 0 Å². The minimum absolute atomic E-state index is 0. The Morgan fingerprint density at radius 2 is 1.73 bits per heavy atom. The molecule has 84 valence electrons. The van der Waals surface area contributed by atoms with E-state index in [1.54, 1.807) is 0 Å². The van der Waals surface area contributed by atoms with Crippen LogP contribution in [-0.4, -0.2) is 12.1 Å². The fraction of sp³-hybridized carbons (Fsp3) is 0.833. The van der Waals surface area contributed by atoms with Gasteiger partial charge in [-0.3, -0.25) is 4.79 Å². The fourth-order valence-corrected chi connectivity index (χ4v) is 1.48. The van der Waals surface area contributed by atoms with Gasteiger partial charge in [0.25, 0.3) is 0 Å². The summed E-state index contributed by atoms with van der Waals surface area (Å²) in [7, 11) is 0.